The van der Waals surface area contributed by atoms with Gasteiger partial charge in [-0.05, 0) is 37.5 Å². The SMILES string of the molecule is CCCCCCCCCCCCCCCC(=O)OC[C@H](COP(=O)(O)OC[C@@H](O)COP(=O)(O)OC[C@@H](COC(=O)CCCCCCC)OC(=O)CCCCCCCCCC(C)C)OC(=O)CCCCCCCCCCCCCCCC(C)C. The summed E-state index contributed by atoms with van der Waals surface area (Å²) >= 11 is 0. The van der Waals surface area contributed by atoms with Crippen molar-refractivity contribution in [2.75, 3.05) is 39.6 Å². The number of rotatable bonds is 64. The molecule has 0 aliphatic carbocycles. The molecule has 0 aromatic rings. The van der Waals surface area contributed by atoms with Crippen molar-refractivity contribution in [2.45, 2.75) is 342 Å². The molecule has 0 fully saturated rings. The minimum Gasteiger partial charge on any atom is -0.462 e. The zero-order valence-electron chi connectivity index (χ0n) is 54.2. The van der Waals surface area contributed by atoms with Crippen molar-refractivity contribution in [3.05, 3.63) is 0 Å². The number of unbranched alkanes of at least 4 members (excludes halogenated alkanes) is 34. The first-order valence-electron chi connectivity index (χ1n) is 34.0. The highest BCUT2D eigenvalue weighted by atomic mass is 31.2. The normalized spacial score (nSPS) is 14.3. The molecule has 0 amide bonds. The molecule has 0 bridgehead atoms. The van der Waals surface area contributed by atoms with E-state index in [4.69, 9.17) is 37.0 Å². The van der Waals surface area contributed by atoms with Gasteiger partial charge < -0.3 is 33.8 Å². The Morgan fingerprint density at radius 1 is 0.321 bits per heavy atom. The predicted molar refractivity (Wildman–Crippen MR) is 335 cm³/mol. The Hall–Kier alpha value is -1.94. The molecular formula is C65H126O17P2. The van der Waals surface area contributed by atoms with E-state index in [9.17, 15) is 43.2 Å². The number of aliphatic hydroxyl groups excluding tert-OH is 1. The lowest BCUT2D eigenvalue weighted by Crippen LogP contribution is -2.30. The van der Waals surface area contributed by atoms with Crippen molar-refractivity contribution in [3.63, 3.8) is 0 Å². The molecule has 498 valence electrons. The second-order valence-electron chi connectivity index (χ2n) is 24.5. The lowest BCUT2D eigenvalue weighted by molar-refractivity contribution is -0.161. The summed E-state index contributed by atoms with van der Waals surface area (Å²) < 4.78 is 67.8. The summed E-state index contributed by atoms with van der Waals surface area (Å²) in [5.74, 6) is -0.661. The highest BCUT2D eigenvalue weighted by Gasteiger charge is 2.30. The van der Waals surface area contributed by atoms with Gasteiger partial charge in [0.15, 0.2) is 12.2 Å². The summed E-state index contributed by atoms with van der Waals surface area (Å²) in [5.41, 5.74) is 0. The third-order valence-electron chi connectivity index (χ3n) is 15.0. The van der Waals surface area contributed by atoms with Gasteiger partial charge in [0.25, 0.3) is 0 Å². The maximum absolute atomic E-state index is 13.0. The van der Waals surface area contributed by atoms with Gasteiger partial charge in [0.05, 0.1) is 26.4 Å². The third kappa shape index (κ3) is 59.0. The van der Waals surface area contributed by atoms with Crippen LogP contribution in [0, 0.1) is 11.8 Å². The summed E-state index contributed by atoms with van der Waals surface area (Å²) in [7, 11) is -9.88. The molecule has 0 radical (unpaired) electrons. The zero-order chi connectivity index (χ0) is 62.2. The van der Waals surface area contributed by atoms with Gasteiger partial charge in [-0.1, -0.05) is 273 Å². The zero-order valence-corrected chi connectivity index (χ0v) is 56.0. The minimum atomic E-state index is -4.94. The Bertz CT molecular complexity index is 1650. The molecule has 2 unspecified atom stereocenters. The van der Waals surface area contributed by atoms with Crippen LogP contribution in [0.4, 0.5) is 0 Å². The van der Waals surface area contributed by atoms with Crippen molar-refractivity contribution in [3.8, 4) is 0 Å². The Balaban J connectivity index is 5.17. The molecule has 0 aliphatic rings. The molecule has 0 aromatic heterocycles. The molecule has 0 saturated carbocycles. The van der Waals surface area contributed by atoms with E-state index < -0.39 is 97.5 Å². The molecule has 5 atom stereocenters. The second-order valence-corrected chi connectivity index (χ2v) is 27.4. The summed E-state index contributed by atoms with van der Waals surface area (Å²) in [5, 5.41) is 10.5. The topological polar surface area (TPSA) is 237 Å². The monoisotopic (exact) mass is 1240 g/mol. The predicted octanol–water partition coefficient (Wildman–Crippen LogP) is 18.0. The van der Waals surface area contributed by atoms with Crippen LogP contribution in [0.3, 0.4) is 0 Å². The fourth-order valence-corrected chi connectivity index (χ4v) is 11.3. The van der Waals surface area contributed by atoms with Gasteiger partial charge in [-0.3, -0.25) is 37.3 Å². The molecule has 0 rings (SSSR count). The molecule has 0 aromatic carbocycles. The number of carbonyl (C=O) groups is 4. The van der Waals surface area contributed by atoms with Crippen LogP contribution in [0.1, 0.15) is 324 Å². The highest BCUT2D eigenvalue weighted by molar-refractivity contribution is 7.47. The Morgan fingerprint density at radius 2 is 0.548 bits per heavy atom. The summed E-state index contributed by atoms with van der Waals surface area (Å²) in [4.78, 5) is 72.0. The van der Waals surface area contributed by atoms with Gasteiger partial charge in [0.2, 0.25) is 0 Å². The van der Waals surface area contributed by atoms with Gasteiger partial charge in [0.1, 0.15) is 19.3 Å². The Kier molecular flexibility index (Phi) is 56.2. The fraction of sp³-hybridized carbons (Fsp3) is 0.938. The van der Waals surface area contributed by atoms with Crippen LogP contribution in [0.25, 0.3) is 0 Å². The largest absolute Gasteiger partial charge is 0.472 e. The van der Waals surface area contributed by atoms with Crippen molar-refractivity contribution >= 4 is 39.5 Å². The van der Waals surface area contributed by atoms with Crippen LogP contribution in [-0.4, -0.2) is 96.7 Å². The molecule has 3 N–H and O–H groups in total. The van der Waals surface area contributed by atoms with Crippen LogP contribution in [0.15, 0.2) is 0 Å². The number of phosphoric acid groups is 2. The highest BCUT2D eigenvalue weighted by Crippen LogP contribution is 2.45. The summed E-state index contributed by atoms with van der Waals surface area (Å²) in [6, 6.07) is 0. The van der Waals surface area contributed by atoms with Crippen molar-refractivity contribution in [2.24, 2.45) is 11.8 Å². The molecule has 17 nitrogen and oxygen atoms in total. The third-order valence-corrected chi connectivity index (χ3v) is 16.9. The van der Waals surface area contributed by atoms with Crippen LogP contribution in [-0.2, 0) is 65.4 Å². The molecule has 19 heteroatoms. The van der Waals surface area contributed by atoms with Gasteiger partial charge in [-0.2, -0.15) is 0 Å². The van der Waals surface area contributed by atoms with E-state index in [1.165, 1.54) is 135 Å². The first-order valence-corrected chi connectivity index (χ1v) is 37.0. The number of phosphoric ester groups is 2. The van der Waals surface area contributed by atoms with Gasteiger partial charge in [-0.15, -0.1) is 0 Å². The van der Waals surface area contributed by atoms with Crippen molar-refractivity contribution < 1.29 is 80.2 Å². The standard InChI is InChI=1S/C65H126O17P2/c1-7-9-11-13-14-15-16-18-22-25-30-36-42-48-63(68)76-54-61(82-64(69)49-43-37-31-26-23-20-17-19-21-24-28-34-39-45-57(3)4)56-80-84(73,74)78-52-59(66)51-77-83(71,72)79-55-60(53-75-62(67)47-41-33-12-10-8-2)81-65(70)50-44-38-32-27-29-35-40-46-58(5)6/h57-61,66H,7-56H2,1-6H3,(H,71,72)(H,73,74)/t59-,60+,61+/m0/s1. The molecular weight excluding hydrogens is 1110 g/mol. The lowest BCUT2D eigenvalue weighted by Gasteiger charge is -2.21. The number of hydrogen-bond acceptors (Lipinski definition) is 15. The maximum atomic E-state index is 13.0. The summed E-state index contributed by atoms with van der Waals surface area (Å²) in [6.45, 7) is 9.37. The lowest BCUT2D eigenvalue weighted by atomic mass is 10.0. The van der Waals surface area contributed by atoms with Crippen LogP contribution in [0.5, 0.6) is 0 Å². The fourth-order valence-electron chi connectivity index (χ4n) is 9.71. The van der Waals surface area contributed by atoms with Gasteiger partial charge in [-0.25, -0.2) is 9.13 Å². The number of esters is 4. The molecule has 0 aliphatic heterocycles. The second kappa shape index (κ2) is 57.5. The van der Waals surface area contributed by atoms with E-state index in [-0.39, 0.29) is 25.7 Å². The van der Waals surface area contributed by atoms with E-state index in [0.29, 0.717) is 31.6 Å². The van der Waals surface area contributed by atoms with E-state index in [1.807, 2.05) is 0 Å². The van der Waals surface area contributed by atoms with E-state index >= 15 is 0 Å². The summed E-state index contributed by atoms with van der Waals surface area (Å²) in [6.07, 6.45) is 40.7. The quantitative estimate of drug-likeness (QED) is 0.0222. The number of hydrogen-bond donors (Lipinski definition) is 3. The first-order chi connectivity index (χ1) is 40.4. The van der Waals surface area contributed by atoms with E-state index in [0.717, 1.165) is 102 Å². The van der Waals surface area contributed by atoms with Crippen LogP contribution >= 0.6 is 15.6 Å². The van der Waals surface area contributed by atoms with Gasteiger partial charge in [0, 0.05) is 25.7 Å². The first kappa shape index (κ1) is 82.1. The number of ether oxygens (including phenoxy) is 4. The van der Waals surface area contributed by atoms with Crippen molar-refractivity contribution in [1.82, 2.24) is 0 Å². The van der Waals surface area contributed by atoms with Gasteiger partial charge >= 0.3 is 39.5 Å². The van der Waals surface area contributed by atoms with Crippen molar-refractivity contribution in [1.29, 1.82) is 0 Å². The molecule has 0 saturated heterocycles. The average Bonchev–Trinajstić information content (AvgIpc) is 3.50. The molecule has 0 heterocycles. The van der Waals surface area contributed by atoms with Crippen LogP contribution in [0.2, 0.25) is 0 Å². The van der Waals surface area contributed by atoms with E-state index in [2.05, 4.69) is 41.5 Å². The average molecular weight is 1240 g/mol. The molecule has 84 heavy (non-hydrogen) atoms. The Labute approximate surface area is 511 Å². The molecule has 0 spiro atoms. The maximum Gasteiger partial charge on any atom is 0.472 e. The smallest absolute Gasteiger partial charge is 0.462 e. The van der Waals surface area contributed by atoms with E-state index in [1.54, 1.807) is 0 Å². The number of carbonyl (C=O) groups excluding carboxylic acids is 4. The van der Waals surface area contributed by atoms with Crippen LogP contribution < -0.4 is 0 Å². The Morgan fingerprint density at radius 3 is 0.810 bits per heavy atom. The number of aliphatic hydroxyl groups is 1. The minimum absolute atomic E-state index is 0.102.